The van der Waals surface area contributed by atoms with Crippen molar-refractivity contribution in [2.45, 2.75) is 38.1 Å². The van der Waals surface area contributed by atoms with Gasteiger partial charge in [0.2, 0.25) is 5.91 Å². The molecule has 114 valence electrons. The highest BCUT2D eigenvalue weighted by molar-refractivity contribution is 5.97. The van der Waals surface area contributed by atoms with Crippen LogP contribution in [0.2, 0.25) is 0 Å². The molecular formula is C15H18F2N2O2. The molecule has 21 heavy (non-hydrogen) atoms. The first kappa shape index (κ1) is 15.4. The summed E-state index contributed by atoms with van der Waals surface area (Å²) in [6.07, 6.45) is 4.75. The van der Waals surface area contributed by atoms with Crippen LogP contribution in [0, 0.1) is 17.6 Å². The topological polar surface area (TPSA) is 72.2 Å². The third kappa shape index (κ3) is 3.77. The summed E-state index contributed by atoms with van der Waals surface area (Å²) in [5.74, 6) is -3.34. The quantitative estimate of drug-likeness (QED) is 0.893. The Hall–Kier alpha value is -1.98. The first-order chi connectivity index (χ1) is 9.99. The van der Waals surface area contributed by atoms with Gasteiger partial charge in [0.1, 0.15) is 6.04 Å². The highest BCUT2D eigenvalue weighted by atomic mass is 19.2. The minimum Gasteiger partial charge on any atom is -0.368 e. The van der Waals surface area contributed by atoms with Crippen LogP contribution in [0.25, 0.3) is 0 Å². The highest BCUT2D eigenvalue weighted by Gasteiger charge is 2.29. The summed E-state index contributed by atoms with van der Waals surface area (Å²) in [4.78, 5) is 23.6. The zero-order valence-corrected chi connectivity index (χ0v) is 11.6. The summed E-state index contributed by atoms with van der Waals surface area (Å²) in [5, 5.41) is 2.55. The second kappa shape index (κ2) is 6.65. The summed E-state index contributed by atoms with van der Waals surface area (Å²) < 4.78 is 26.0. The molecule has 1 aliphatic rings. The van der Waals surface area contributed by atoms with E-state index in [0.29, 0.717) is 0 Å². The Morgan fingerprint density at radius 1 is 1.14 bits per heavy atom. The van der Waals surface area contributed by atoms with E-state index in [-0.39, 0.29) is 11.5 Å². The predicted molar refractivity (Wildman–Crippen MR) is 73.4 cm³/mol. The Kier molecular flexibility index (Phi) is 4.88. The van der Waals surface area contributed by atoms with Crippen molar-refractivity contribution in [3.63, 3.8) is 0 Å². The fourth-order valence-electron chi connectivity index (χ4n) is 2.75. The molecular weight excluding hydrogens is 278 g/mol. The SMILES string of the molecule is NC(=O)[C@@H](NC(=O)c1ccc(F)c(F)c1)C1CCCCC1. The third-order valence-corrected chi connectivity index (χ3v) is 3.90. The first-order valence-corrected chi connectivity index (χ1v) is 7.04. The lowest BCUT2D eigenvalue weighted by atomic mass is 9.83. The van der Waals surface area contributed by atoms with Gasteiger partial charge >= 0.3 is 0 Å². The lowest BCUT2D eigenvalue weighted by Gasteiger charge is -2.28. The van der Waals surface area contributed by atoms with Crippen molar-refractivity contribution >= 4 is 11.8 Å². The molecule has 2 rings (SSSR count). The Balaban J connectivity index is 2.10. The fourth-order valence-corrected chi connectivity index (χ4v) is 2.75. The smallest absolute Gasteiger partial charge is 0.252 e. The number of benzene rings is 1. The van der Waals surface area contributed by atoms with E-state index >= 15 is 0 Å². The molecule has 0 spiro atoms. The Bertz CT molecular complexity index is 542. The maximum absolute atomic E-state index is 13.1. The minimum atomic E-state index is -1.10. The van der Waals surface area contributed by atoms with Gasteiger partial charge < -0.3 is 11.1 Å². The molecule has 1 aromatic rings. The summed E-state index contributed by atoms with van der Waals surface area (Å²) in [6, 6.07) is 2.09. The molecule has 6 heteroatoms. The predicted octanol–water partition coefficient (Wildman–Crippen LogP) is 2.13. The monoisotopic (exact) mass is 296 g/mol. The Morgan fingerprint density at radius 2 is 1.81 bits per heavy atom. The fraction of sp³-hybridized carbons (Fsp3) is 0.467. The van der Waals surface area contributed by atoms with E-state index in [0.717, 1.165) is 44.2 Å². The molecule has 1 aliphatic carbocycles. The number of hydrogen-bond acceptors (Lipinski definition) is 2. The standard InChI is InChI=1S/C15H18F2N2O2/c16-11-7-6-10(8-12(11)17)15(21)19-13(14(18)20)9-4-2-1-3-5-9/h6-9,13H,1-5H2,(H2,18,20)(H,19,21)/t13-/m0/s1. The molecule has 1 aromatic carbocycles. The number of nitrogens with one attached hydrogen (secondary N) is 1. The molecule has 2 amide bonds. The van der Waals surface area contributed by atoms with Crippen LogP contribution in [0.5, 0.6) is 0 Å². The van der Waals surface area contributed by atoms with Crippen molar-refractivity contribution in [2.75, 3.05) is 0 Å². The number of halogens is 2. The summed E-state index contributed by atoms with van der Waals surface area (Å²) in [7, 11) is 0. The van der Waals surface area contributed by atoms with E-state index in [9.17, 15) is 18.4 Å². The maximum Gasteiger partial charge on any atom is 0.252 e. The van der Waals surface area contributed by atoms with Crippen LogP contribution < -0.4 is 11.1 Å². The van der Waals surface area contributed by atoms with Crippen LogP contribution in [0.3, 0.4) is 0 Å². The second-order valence-electron chi connectivity index (χ2n) is 5.38. The van der Waals surface area contributed by atoms with Gasteiger partial charge in [-0.1, -0.05) is 19.3 Å². The molecule has 0 radical (unpaired) electrons. The van der Waals surface area contributed by atoms with E-state index in [2.05, 4.69) is 5.32 Å². The molecule has 1 saturated carbocycles. The average Bonchev–Trinajstić information content (AvgIpc) is 2.48. The van der Waals surface area contributed by atoms with Gasteiger partial charge in [0, 0.05) is 5.56 Å². The minimum absolute atomic E-state index is 0.00509. The van der Waals surface area contributed by atoms with Gasteiger partial charge in [-0.2, -0.15) is 0 Å². The van der Waals surface area contributed by atoms with E-state index < -0.39 is 29.5 Å². The molecule has 4 nitrogen and oxygen atoms in total. The lowest BCUT2D eigenvalue weighted by Crippen LogP contribution is -2.49. The Morgan fingerprint density at radius 3 is 2.38 bits per heavy atom. The first-order valence-electron chi connectivity index (χ1n) is 7.04. The molecule has 3 N–H and O–H groups in total. The van der Waals surface area contributed by atoms with Gasteiger partial charge in [0.25, 0.3) is 5.91 Å². The van der Waals surface area contributed by atoms with Crippen LogP contribution in [-0.4, -0.2) is 17.9 Å². The van der Waals surface area contributed by atoms with E-state index in [1.54, 1.807) is 0 Å². The summed E-state index contributed by atoms with van der Waals surface area (Å²) in [5.41, 5.74) is 5.33. The number of carbonyl (C=O) groups is 2. The molecule has 0 bridgehead atoms. The zero-order chi connectivity index (χ0) is 15.4. The molecule has 0 unspecified atom stereocenters. The van der Waals surface area contributed by atoms with E-state index in [1.807, 2.05) is 0 Å². The van der Waals surface area contributed by atoms with Crippen molar-refractivity contribution in [1.82, 2.24) is 5.32 Å². The zero-order valence-electron chi connectivity index (χ0n) is 11.6. The van der Waals surface area contributed by atoms with Crippen LogP contribution in [-0.2, 0) is 4.79 Å². The van der Waals surface area contributed by atoms with Gasteiger partial charge in [-0.05, 0) is 37.0 Å². The summed E-state index contributed by atoms with van der Waals surface area (Å²) in [6.45, 7) is 0. The molecule has 1 atom stereocenters. The van der Waals surface area contributed by atoms with Crippen molar-refractivity contribution in [1.29, 1.82) is 0 Å². The van der Waals surface area contributed by atoms with Crippen LogP contribution in [0.1, 0.15) is 42.5 Å². The molecule has 1 fully saturated rings. The van der Waals surface area contributed by atoms with E-state index in [1.165, 1.54) is 6.07 Å². The Labute approximate surface area is 121 Å². The number of amides is 2. The van der Waals surface area contributed by atoms with Crippen molar-refractivity contribution in [3.05, 3.63) is 35.4 Å². The van der Waals surface area contributed by atoms with Gasteiger partial charge in [-0.15, -0.1) is 0 Å². The number of rotatable bonds is 4. The van der Waals surface area contributed by atoms with Crippen LogP contribution >= 0.6 is 0 Å². The molecule has 0 aromatic heterocycles. The van der Waals surface area contributed by atoms with Gasteiger partial charge in [0.15, 0.2) is 11.6 Å². The van der Waals surface area contributed by atoms with Crippen LogP contribution in [0.4, 0.5) is 8.78 Å². The number of hydrogen-bond donors (Lipinski definition) is 2. The van der Waals surface area contributed by atoms with Crippen molar-refractivity contribution in [3.8, 4) is 0 Å². The molecule has 0 aliphatic heterocycles. The largest absolute Gasteiger partial charge is 0.368 e. The molecule has 0 heterocycles. The van der Waals surface area contributed by atoms with Crippen molar-refractivity contribution in [2.24, 2.45) is 11.7 Å². The maximum atomic E-state index is 13.1. The lowest BCUT2D eigenvalue weighted by molar-refractivity contribution is -0.121. The van der Waals surface area contributed by atoms with E-state index in [4.69, 9.17) is 5.73 Å². The second-order valence-corrected chi connectivity index (χ2v) is 5.38. The molecule has 0 saturated heterocycles. The number of carbonyl (C=O) groups excluding carboxylic acids is 2. The van der Waals surface area contributed by atoms with Crippen molar-refractivity contribution < 1.29 is 18.4 Å². The number of primary amides is 1. The normalized spacial score (nSPS) is 17.2. The third-order valence-electron chi connectivity index (χ3n) is 3.90. The van der Waals surface area contributed by atoms with Crippen LogP contribution in [0.15, 0.2) is 18.2 Å². The average molecular weight is 296 g/mol. The highest BCUT2D eigenvalue weighted by Crippen LogP contribution is 2.26. The summed E-state index contributed by atoms with van der Waals surface area (Å²) >= 11 is 0. The van der Waals surface area contributed by atoms with Gasteiger partial charge in [-0.3, -0.25) is 9.59 Å². The number of nitrogens with two attached hydrogens (primary N) is 1. The van der Waals surface area contributed by atoms with Gasteiger partial charge in [-0.25, -0.2) is 8.78 Å². The van der Waals surface area contributed by atoms with Gasteiger partial charge in [0.05, 0.1) is 0 Å².